The Morgan fingerprint density at radius 2 is 2.10 bits per heavy atom. The van der Waals surface area contributed by atoms with Crippen molar-refractivity contribution in [3.05, 3.63) is 0 Å². The number of ether oxygens (including phenoxy) is 3. The predicted molar refractivity (Wildman–Crippen MR) is 79.9 cm³/mol. The Morgan fingerprint density at radius 1 is 1.33 bits per heavy atom. The molecule has 0 spiro atoms. The molecule has 1 aliphatic carbocycles. The van der Waals surface area contributed by atoms with Crippen LogP contribution < -0.4 is 5.73 Å². The minimum absolute atomic E-state index is 0.186. The van der Waals surface area contributed by atoms with Crippen molar-refractivity contribution in [3.8, 4) is 0 Å². The molecule has 2 unspecified atom stereocenters. The largest absolute Gasteiger partial charge is 0.465 e. The first-order valence-corrected chi connectivity index (χ1v) is 8.28. The molecule has 21 heavy (non-hydrogen) atoms. The van der Waals surface area contributed by atoms with Gasteiger partial charge in [0.1, 0.15) is 5.54 Å². The van der Waals surface area contributed by atoms with Gasteiger partial charge in [-0.05, 0) is 50.9 Å². The van der Waals surface area contributed by atoms with E-state index in [1.54, 1.807) is 0 Å². The van der Waals surface area contributed by atoms with E-state index in [2.05, 4.69) is 0 Å². The van der Waals surface area contributed by atoms with Crippen LogP contribution in [0.5, 0.6) is 0 Å². The van der Waals surface area contributed by atoms with Crippen LogP contribution in [-0.4, -0.2) is 44.5 Å². The van der Waals surface area contributed by atoms with Crippen molar-refractivity contribution in [2.24, 2.45) is 17.6 Å². The number of carbonyl (C=O) groups excluding carboxylic acids is 1. The van der Waals surface area contributed by atoms with E-state index in [0.29, 0.717) is 19.1 Å². The van der Waals surface area contributed by atoms with E-state index < -0.39 is 5.54 Å². The van der Waals surface area contributed by atoms with Gasteiger partial charge in [-0.15, -0.1) is 0 Å². The highest BCUT2D eigenvalue weighted by molar-refractivity contribution is 5.81. The van der Waals surface area contributed by atoms with Crippen LogP contribution in [-0.2, 0) is 19.0 Å². The lowest BCUT2D eigenvalue weighted by atomic mass is 9.86. The van der Waals surface area contributed by atoms with Crippen molar-refractivity contribution in [2.45, 2.75) is 51.0 Å². The molecule has 2 aliphatic rings. The van der Waals surface area contributed by atoms with E-state index in [0.717, 1.165) is 58.3 Å². The number of nitrogens with two attached hydrogens (primary N) is 1. The maximum Gasteiger partial charge on any atom is 0.326 e. The van der Waals surface area contributed by atoms with E-state index >= 15 is 0 Å². The van der Waals surface area contributed by atoms with Gasteiger partial charge in [-0.2, -0.15) is 0 Å². The fourth-order valence-electron chi connectivity index (χ4n) is 3.43. The first-order valence-electron chi connectivity index (χ1n) is 8.28. The second-order valence-corrected chi connectivity index (χ2v) is 6.27. The van der Waals surface area contributed by atoms with Gasteiger partial charge in [0, 0.05) is 26.4 Å². The molecular weight excluding hydrogens is 270 g/mol. The minimum Gasteiger partial charge on any atom is -0.465 e. The maximum absolute atomic E-state index is 12.1. The zero-order valence-electron chi connectivity index (χ0n) is 13.1. The highest BCUT2D eigenvalue weighted by atomic mass is 16.5. The van der Waals surface area contributed by atoms with Crippen molar-refractivity contribution in [1.29, 1.82) is 0 Å². The van der Waals surface area contributed by atoms with Crippen molar-refractivity contribution in [2.75, 3.05) is 33.0 Å². The van der Waals surface area contributed by atoms with Gasteiger partial charge < -0.3 is 19.9 Å². The lowest BCUT2D eigenvalue weighted by Crippen LogP contribution is -2.52. The first kappa shape index (κ1) is 16.7. The normalized spacial score (nSPS) is 30.5. The number of rotatable bonds is 7. The Bertz CT molecular complexity index is 330. The third-order valence-electron chi connectivity index (χ3n) is 4.83. The minimum atomic E-state index is -0.794. The summed E-state index contributed by atoms with van der Waals surface area (Å²) in [6, 6.07) is 0. The summed E-state index contributed by atoms with van der Waals surface area (Å²) in [4.78, 5) is 12.1. The molecule has 1 saturated carbocycles. The molecule has 0 aromatic carbocycles. The van der Waals surface area contributed by atoms with Crippen LogP contribution in [0.15, 0.2) is 0 Å². The van der Waals surface area contributed by atoms with Crippen LogP contribution in [0.25, 0.3) is 0 Å². The molecule has 0 aromatic rings. The smallest absolute Gasteiger partial charge is 0.326 e. The van der Waals surface area contributed by atoms with Gasteiger partial charge in [-0.25, -0.2) is 0 Å². The lowest BCUT2D eigenvalue weighted by Gasteiger charge is -2.29. The Labute approximate surface area is 127 Å². The van der Waals surface area contributed by atoms with Crippen LogP contribution in [0.2, 0.25) is 0 Å². The molecule has 5 heteroatoms. The summed E-state index contributed by atoms with van der Waals surface area (Å²) in [5.41, 5.74) is 5.52. The van der Waals surface area contributed by atoms with Gasteiger partial charge in [-0.1, -0.05) is 6.42 Å². The van der Waals surface area contributed by atoms with Crippen molar-refractivity contribution >= 4 is 5.97 Å². The molecule has 2 N–H and O–H groups in total. The van der Waals surface area contributed by atoms with Crippen LogP contribution in [0.3, 0.4) is 0 Å². The topological polar surface area (TPSA) is 70.8 Å². The number of carbonyl (C=O) groups is 1. The standard InChI is InChI=1S/C16H29NO4/c1-2-21-15(18)16(17)8-3-4-14(16)7-11-20-12-13-5-9-19-10-6-13/h13-14H,2-12,17H2,1H3. The summed E-state index contributed by atoms with van der Waals surface area (Å²) in [6.07, 6.45) is 5.76. The number of esters is 1. The lowest BCUT2D eigenvalue weighted by molar-refractivity contribution is -0.151. The Morgan fingerprint density at radius 3 is 2.81 bits per heavy atom. The molecule has 0 aromatic heterocycles. The third-order valence-corrected chi connectivity index (χ3v) is 4.83. The van der Waals surface area contributed by atoms with Crippen molar-refractivity contribution in [3.63, 3.8) is 0 Å². The zero-order chi connectivity index (χ0) is 15.1. The van der Waals surface area contributed by atoms with Gasteiger partial charge in [0.15, 0.2) is 0 Å². The quantitative estimate of drug-likeness (QED) is 0.574. The zero-order valence-corrected chi connectivity index (χ0v) is 13.1. The van der Waals surface area contributed by atoms with Crippen molar-refractivity contribution in [1.82, 2.24) is 0 Å². The van der Waals surface area contributed by atoms with Crippen molar-refractivity contribution < 1.29 is 19.0 Å². The molecule has 5 nitrogen and oxygen atoms in total. The summed E-state index contributed by atoms with van der Waals surface area (Å²) in [5.74, 6) is 0.568. The fraction of sp³-hybridized carbons (Fsp3) is 0.938. The molecule has 2 atom stereocenters. The monoisotopic (exact) mass is 299 g/mol. The van der Waals surface area contributed by atoms with Crippen LogP contribution in [0, 0.1) is 11.8 Å². The highest BCUT2D eigenvalue weighted by Gasteiger charge is 2.46. The second kappa shape index (κ2) is 8.11. The van der Waals surface area contributed by atoms with E-state index in [1.165, 1.54) is 0 Å². The predicted octanol–water partition coefficient (Wildman–Crippen LogP) is 1.88. The van der Waals surface area contributed by atoms with Gasteiger partial charge in [-0.3, -0.25) is 4.79 Å². The van der Waals surface area contributed by atoms with Gasteiger partial charge in [0.2, 0.25) is 0 Å². The van der Waals surface area contributed by atoms with E-state index in [1.807, 2.05) is 6.92 Å². The van der Waals surface area contributed by atoms with Gasteiger partial charge >= 0.3 is 5.97 Å². The summed E-state index contributed by atoms with van der Waals surface area (Å²) in [6.45, 7) is 5.40. The highest BCUT2D eigenvalue weighted by Crippen LogP contribution is 2.37. The van der Waals surface area contributed by atoms with Crippen LogP contribution in [0.4, 0.5) is 0 Å². The molecule has 0 radical (unpaired) electrons. The molecule has 2 fully saturated rings. The Balaban J connectivity index is 1.70. The maximum atomic E-state index is 12.1. The summed E-state index contributed by atoms with van der Waals surface area (Å²) in [5, 5.41) is 0. The average molecular weight is 299 g/mol. The van der Waals surface area contributed by atoms with E-state index in [-0.39, 0.29) is 11.9 Å². The molecule has 122 valence electrons. The third kappa shape index (κ3) is 4.41. The van der Waals surface area contributed by atoms with Gasteiger partial charge in [0.25, 0.3) is 0 Å². The molecule has 1 heterocycles. The first-order chi connectivity index (χ1) is 10.2. The van der Waals surface area contributed by atoms with Gasteiger partial charge in [0.05, 0.1) is 6.61 Å². The SMILES string of the molecule is CCOC(=O)C1(N)CCCC1CCOCC1CCOCC1. The number of hydrogen-bond acceptors (Lipinski definition) is 5. The summed E-state index contributed by atoms with van der Waals surface area (Å²) >= 11 is 0. The second-order valence-electron chi connectivity index (χ2n) is 6.27. The fourth-order valence-corrected chi connectivity index (χ4v) is 3.43. The average Bonchev–Trinajstić information content (AvgIpc) is 2.87. The van der Waals surface area contributed by atoms with Crippen LogP contribution >= 0.6 is 0 Å². The molecule has 0 amide bonds. The van der Waals surface area contributed by atoms with E-state index in [9.17, 15) is 4.79 Å². The number of hydrogen-bond donors (Lipinski definition) is 1. The molecule has 1 aliphatic heterocycles. The summed E-state index contributed by atoms with van der Waals surface area (Å²) < 4.78 is 16.3. The van der Waals surface area contributed by atoms with Crippen LogP contribution in [0.1, 0.15) is 45.4 Å². The summed E-state index contributed by atoms with van der Waals surface area (Å²) in [7, 11) is 0. The molecular formula is C16H29NO4. The Kier molecular flexibility index (Phi) is 6.45. The molecule has 1 saturated heterocycles. The molecule has 0 bridgehead atoms. The molecule has 2 rings (SSSR count). The van der Waals surface area contributed by atoms with E-state index in [4.69, 9.17) is 19.9 Å². The Hall–Kier alpha value is -0.650.